The SMILES string of the molecule is COc1cc(C)c2c(c1)CCN(CCOCC(=O)N(C)C1CC(=O)CC(C)(C)C1)S2(=O)=O. The van der Waals surface area contributed by atoms with Crippen LogP contribution in [-0.2, 0) is 30.8 Å². The van der Waals surface area contributed by atoms with E-state index in [-0.39, 0.29) is 42.9 Å². The molecule has 0 N–H and O–H groups in total. The molecule has 1 atom stereocenters. The van der Waals surface area contributed by atoms with Crippen LogP contribution in [0.1, 0.15) is 44.2 Å². The minimum atomic E-state index is -3.63. The van der Waals surface area contributed by atoms with Crippen LogP contribution < -0.4 is 4.74 Å². The topological polar surface area (TPSA) is 93.2 Å². The van der Waals surface area contributed by atoms with Crippen LogP contribution >= 0.6 is 0 Å². The van der Waals surface area contributed by atoms with Crippen molar-refractivity contribution in [1.82, 2.24) is 9.21 Å². The van der Waals surface area contributed by atoms with E-state index in [2.05, 4.69) is 0 Å². The lowest BCUT2D eigenvalue weighted by Gasteiger charge is -2.38. The van der Waals surface area contributed by atoms with Gasteiger partial charge in [0.2, 0.25) is 15.9 Å². The van der Waals surface area contributed by atoms with E-state index in [1.165, 1.54) is 4.31 Å². The summed E-state index contributed by atoms with van der Waals surface area (Å²) in [5.74, 6) is 0.629. The summed E-state index contributed by atoms with van der Waals surface area (Å²) in [7, 11) is -0.361. The maximum absolute atomic E-state index is 13.1. The number of carbonyl (C=O) groups excluding carboxylic acids is 2. The number of hydrogen-bond donors (Lipinski definition) is 0. The number of rotatable bonds is 7. The van der Waals surface area contributed by atoms with Gasteiger partial charge in [0.05, 0.1) is 18.6 Å². The molecule has 0 bridgehead atoms. The number of benzene rings is 1. The minimum Gasteiger partial charge on any atom is -0.497 e. The molecule has 1 unspecified atom stereocenters. The van der Waals surface area contributed by atoms with Gasteiger partial charge in [-0.3, -0.25) is 9.59 Å². The van der Waals surface area contributed by atoms with Crippen molar-refractivity contribution in [1.29, 1.82) is 0 Å². The van der Waals surface area contributed by atoms with Crippen molar-refractivity contribution in [3.8, 4) is 5.75 Å². The van der Waals surface area contributed by atoms with Gasteiger partial charge in [-0.25, -0.2) is 8.42 Å². The molecule has 1 amide bonds. The first-order chi connectivity index (χ1) is 14.9. The van der Waals surface area contributed by atoms with E-state index in [9.17, 15) is 18.0 Å². The van der Waals surface area contributed by atoms with Crippen molar-refractivity contribution in [3.63, 3.8) is 0 Å². The van der Waals surface area contributed by atoms with Gasteiger partial charge in [0.15, 0.2) is 0 Å². The van der Waals surface area contributed by atoms with Gasteiger partial charge < -0.3 is 14.4 Å². The zero-order chi connectivity index (χ0) is 23.7. The highest BCUT2D eigenvalue weighted by molar-refractivity contribution is 7.89. The van der Waals surface area contributed by atoms with E-state index in [4.69, 9.17) is 9.47 Å². The van der Waals surface area contributed by atoms with Crippen LogP contribution in [0.4, 0.5) is 0 Å². The van der Waals surface area contributed by atoms with Gasteiger partial charge >= 0.3 is 0 Å². The molecule has 3 rings (SSSR count). The van der Waals surface area contributed by atoms with Gasteiger partial charge in [-0.1, -0.05) is 13.8 Å². The van der Waals surface area contributed by atoms with Crippen LogP contribution in [0.5, 0.6) is 5.75 Å². The molecule has 1 aromatic rings. The summed E-state index contributed by atoms with van der Waals surface area (Å²) < 4.78 is 38.4. The summed E-state index contributed by atoms with van der Waals surface area (Å²) in [6, 6.07) is 3.38. The molecule has 178 valence electrons. The van der Waals surface area contributed by atoms with Gasteiger partial charge in [0, 0.05) is 39.0 Å². The fraction of sp³-hybridized carbons (Fsp3) is 0.652. The van der Waals surface area contributed by atoms with Gasteiger partial charge in [-0.05, 0) is 48.4 Å². The number of amides is 1. The van der Waals surface area contributed by atoms with Gasteiger partial charge in [0.25, 0.3) is 0 Å². The summed E-state index contributed by atoms with van der Waals surface area (Å²) in [6.07, 6.45) is 2.29. The Hall–Kier alpha value is -1.97. The largest absolute Gasteiger partial charge is 0.497 e. The average Bonchev–Trinajstić information content (AvgIpc) is 2.69. The number of aryl methyl sites for hydroxylation is 1. The van der Waals surface area contributed by atoms with Crippen LogP contribution in [0.3, 0.4) is 0 Å². The average molecular weight is 467 g/mol. The van der Waals surface area contributed by atoms with Crippen molar-refractivity contribution < 1.29 is 27.5 Å². The second kappa shape index (κ2) is 9.49. The fourth-order valence-electron chi connectivity index (χ4n) is 4.77. The molecule has 1 aromatic carbocycles. The van der Waals surface area contributed by atoms with E-state index in [0.29, 0.717) is 42.0 Å². The Balaban J connectivity index is 1.54. The first-order valence-corrected chi connectivity index (χ1v) is 12.4. The first kappa shape index (κ1) is 24.7. The van der Waals surface area contributed by atoms with Crippen LogP contribution in [0, 0.1) is 12.3 Å². The normalized spacial score (nSPS) is 22.3. The molecule has 1 saturated carbocycles. The third-order valence-corrected chi connectivity index (χ3v) is 8.51. The minimum absolute atomic E-state index is 0.115. The third kappa shape index (κ3) is 5.32. The molecule has 0 spiro atoms. The lowest BCUT2D eigenvalue weighted by molar-refractivity contribution is -0.140. The van der Waals surface area contributed by atoms with Crippen molar-refractivity contribution in [2.45, 2.75) is 57.4 Å². The van der Waals surface area contributed by atoms with Crippen molar-refractivity contribution in [3.05, 3.63) is 23.3 Å². The van der Waals surface area contributed by atoms with E-state index in [0.717, 1.165) is 12.0 Å². The highest BCUT2D eigenvalue weighted by Gasteiger charge is 2.36. The van der Waals surface area contributed by atoms with Crippen molar-refractivity contribution in [2.24, 2.45) is 5.41 Å². The third-order valence-electron chi connectivity index (χ3n) is 6.37. The van der Waals surface area contributed by atoms with Crippen LogP contribution in [0.2, 0.25) is 0 Å². The van der Waals surface area contributed by atoms with E-state index in [1.807, 2.05) is 13.8 Å². The van der Waals surface area contributed by atoms with Gasteiger partial charge in [-0.2, -0.15) is 4.31 Å². The summed E-state index contributed by atoms with van der Waals surface area (Å²) in [6.45, 7) is 6.38. The van der Waals surface area contributed by atoms with Gasteiger partial charge in [-0.15, -0.1) is 0 Å². The summed E-state index contributed by atoms with van der Waals surface area (Å²) in [5, 5.41) is 0. The molecule has 1 heterocycles. The number of hydrogen-bond acceptors (Lipinski definition) is 6. The van der Waals surface area contributed by atoms with Crippen molar-refractivity contribution >= 4 is 21.7 Å². The Morgan fingerprint density at radius 2 is 2.03 bits per heavy atom. The van der Waals surface area contributed by atoms with Crippen LogP contribution in [0.25, 0.3) is 0 Å². The predicted molar refractivity (Wildman–Crippen MR) is 120 cm³/mol. The molecule has 2 aliphatic rings. The Labute approximate surface area is 190 Å². The quantitative estimate of drug-likeness (QED) is 0.572. The second-order valence-electron chi connectivity index (χ2n) is 9.59. The summed E-state index contributed by atoms with van der Waals surface area (Å²) >= 11 is 0. The summed E-state index contributed by atoms with van der Waals surface area (Å²) in [4.78, 5) is 26.5. The van der Waals surface area contributed by atoms with Crippen molar-refractivity contribution in [2.75, 3.05) is 40.5 Å². The molecule has 0 aromatic heterocycles. The maximum Gasteiger partial charge on any atom is 0.248 e. The molecule has 9 heteroatoms. The molecule has 1 aliphatic carbocycles. The molecular weight excluding hydrogens is 432 g/mol. The Morgan fingerprint density at radius 1 is 1.31 bits per heavy atom. The Kier molecular flexibility index (Phi) is 7.31. The number of nitrogens with zero attached hydrogens (tertiary/aromatic N) is 2. The molecule has 32 heavy (non-hydrogen) atoms. The van der Waals surface area contributed by atoms with Crippen LogP contribution in [0.15, 0.2) is 17.0 Å². The molecule has 1 fully saturated rings. The smallest absolute Gasteiger partial charge is 0.248 e. The maximum atomic E-state index is 13.1. The monoisotopic (exact) mass is 466 g/mol. The number of Topliss-reactive ketones (excluding diaryl/α,β-unsaturated/α-hetero) is 1. The molecule has 0 radical (unpaired) electrons. The molecule has 8 nitrogen and oxygen atoms in total. The zero-order valence-electron chi connectivity index (χ0n) is 19.6. The molecule has 1 aliphatic heterocycles. The number of likely N-dealkylation sites (N-methyl/N-ethyl adjacent to an activating group) is 1. The number of fused-ring (bicyclic) bond motifs is 1. The second-order valence-corrected chi connectivity index (χ2v) is 11.5. The number of sulfonamides is 1. The predicted octanol–water partition coefficient (Wildman–Crippen LogP) is 2.17. The van der Waals surface area contributed by atoms with E-state index in [1.54, 1.807) is 38.1 Å². The number of methoxy groups -OCH3 is 1. The number of carbonyl (C=O) groups is 2. The van der Waals surface area contributed by atoms with Crippen LogP contribution in [-0.4, -0.2) is 75.8 Å². The molecular formula is C23H34N2O6S. The standard InChI is InChI=1S/C23H34N2O6S/c1-16-10-20(30-5)11-17-6-7-25(32(28,29)22(16)17)8-9-31-15-21(27)24(4)18-12-19(26)14-23(2,3)13-18/h10-11,18H,6-9,12-15H2,1-5H3. The van der Waals surface area contributed by atoms with Gasteiger partial charge in [0.1, 0.15) is 18.1 Å². The lowest BCUT2D eigenvalue weighted by Crippen LogP contribution is -2.46. The Morgan fingerprint density at radius 3 is 2.69 bits per heavy atom. The summed E-state index contributed by atoms with van der Waals surface area (Å²) in [5.41, 5.74) is 1.31. The van der Waals surface area contributed by atoms with E-state index >= 15 is 0 Å². The highest BCUT2D eigenvalue weighted by atomic mass is 32.2. The number of ketones is 1. The highest BCUT2D eigenvalue weighted by Crippen LogP contribution is 2.35. The lowest BCUT2D eigenvalue weighted by atomic mass is 9.74. The zero-order valence-corrected chi connectivity index (χ0v) is 20.5. The Bertz CT molecular complexity index is 988. The fourth-order valence-corrected chi connectivity index (χ4v) is 6.63. The van der Waals surface area contributed by atoms with E-state index < -0.39 is 10.0 Å². The molecule has 0 saturated heterocycles. The first-order valence-electron chi connectivity index (χ1n) is 11.0. The number of ether oxygens (including phenoxy) is 2.